The Morgan fingerprint density at radius 2 is 1.56 bits per heavy atom. The second-order valence-corrected chi connectivity index (χ2v) is 9.37. The molecule has 0 spiro atoms. The van der Waals surface area contributed by atoms with Crippen LogP contribution in [-0.2, 0) is 14.3 Å². The highest BCUT2D eigenvalue weighted by atomic mass is 16.7. The van der Waals surface area contributed by atoms with Crippen molar-refractivity contribution in [2.45, 2.75) is 71.9 Å². The van der Waals surface area contributed by atoms with Gasteiger partial charge in [-0.1, -0.05) is 27.2 Å². The van der Waals surface area contributed by atoms with E-state index in [2.05, 4.69) is 13.8 Å². The van der Waals surface area contributed by atoms with Crippen molar-refractivity contribution in [1.82, 2.24) is 9.80 Å². The molecule has 4 saturated heterocycles. The molecule has 1 aliphatic carbocycles. The van der Waals surface area contributed by atoms with Crippen LogP contribution >= 0.6 is 0 Å². The minimum Gasteiger partial charge on any atom is -0.348 e. The second-order valence-electron chi connectivity index (χ2n) is 9.37. The van der Waals surface area contributed by atoms with Crippen molar-refractivity contribution in [2.75, 3.05) is 13.1 Å². The number of amides is 2. The number of hydrogen-bond acceptors (Lipinski definition) is 4. The van der Waals surface area contributed by atoms with Gasteiger partial charge in [0.2, 0.25) is 11.8 Å². The lowest BCUT2D eigenvalue weighted by molar-refractivity contribution is -0.349. The van der Waals surface area contributed by atoms with Gasteiger partial charge in [-0.2, -0.15) is 0 Å². The van der Waals surface area contributed by atoms with E-state index in [1.807, 2.05) is 25.7 Å². The summed E-state index contributed by atoms with van der Waals surface area (Å²) in [7, 11) is 0. The SMILES string of the molecule is CCCC[C@]12O[C@]3(O)N4CCCN1C(=O)[C@]1(C)[C@](C)(C4=O)[C@@]3(C)[C@@]12C. The Hall–Kier alpha value is -1.14. The smallest absolute Gasteiger partial charge is 0.260 e. The monoisotopic (exact) mass is 348 g/mol. The topological polar surface area (TPSA) is 70.1 Å². The summed E-state index contributed by atoms with van der Waals surface area (Å²) < 4.78 is 6.52. The van der Waals surface area contributed by atoms with Gasteiger partial charge in [0.1, 0.15) is 0 Å². The summed E-state index contributed by atoms with van der Waals surface area (Å²) in [6.45, 7) is 11.0. The molecule has 6 nitrogen and oxygen atoms in total. The van der Waals surface area contributed by atoms with Crippen LogP contribution in [0.25, 0.3) is 0 Å². The molecule has 0 unspecified atom stereocenters. The Balaban J connectivity index is 1.88. The molecule has 5 aliphatic rings. The molecule has 138 valence electrons. The first kappa shape index (κ1) is 16.1. The van der Waals surface area contributed by atoms with Crippen LogP contribution < -0.4 is 0 Å². The van der Waals surface area contributed by atoms with Gasteiger partial charge in [-0.3, -0.25) is 14.5 Å². The van der Waals surface area contributed by atoms with Crippen molar-refractivity contribution in [3.63, 3.8) is 0 Å². The van der Waals surface area contributed by atoms with Crippen molar-refractivity contribution >= 4 is 11.8 Å². The van der Waals surface area contributed by atoms with E-state index in [0.717, 1.165) is 12.8 Å². The number of fused-ring (bicyclic) bond motifs is 1. The summed E-state index contributed by atoms with van der Waals surface area (Å²) in [6, 6.07) is 0. The molecular formula is C19H28N2O4. The average molecular weight is 348 g/mol. The molecule has 5 fully saturated rings. The quantitative estimate of drug-likeness (QED) is 0.842. The minimum absolute atomic E-state index is 0.0326. The Morgan fingerprint density at radius 1 is 1.00 bits per heavy atom. The highest BCUT2D eigenvalue weighted by Crippen LogP contribution is 2.94. The van der Waals surface area contributed by atoms with Crippen LogP contribution in [0.5, 0.6) is 0 Å². The highest BCUT2D eigenvalue weighted by Gasteiger charge is 3.06. The first-order valence-corrected chi connectivity index (χ1v) is 9.63. The Kier molecular flexibility index (Phi) is 2.42. The molecule has 0 aromatic heterocycles. The van der Waals surface area contributed by atoms with E-state index in [-0.39, 0.29) is 11.8 Å². The summed E-state index contributed by atoms with van der Waals surface area (Å²) in [5, 5.41) is 11.7. The van der Waals surface area contributed by atoms with E-state index in [0.29, 0.717) is 25.9 Å². The lowest BCUT2D eigenvalue weighted by Crippen LogP contribution is -2.78. The Labute approximate surface area is 148 Å². The third-order valence-corrected chi connectivity index (χ3v) is 9.52. The summed E-state index contributed by atoms with van der Waals surface area (Å²) in [5.41, 5.74) is -4.01. The molecule has 0 aromatic rings. The molecule has 2 amide bonds. The second kappa shape index (κ2) is 3.77. The third kappa shape index (κ3) is 0.959. The number of aliphatic hydroxyl groups is 1. The van der Waals surface area contributed by atoms with E-state index in [1.165, 1.54) is 0 Å². The summed E-state index contributed by atoms with van der Waals surface area (Å²) >= 11 is 0. The fraction of sp³-hybridized carbons (Fsp3) is 0.895. The lowest BCUT2D eigenvalue weighted by Gasteiger charge is -2.70. The largest absolute Gasteiger partial charge is 0.348 e. The molecule has 6 atom stereocenters. The number of carbonyl (C=O) groups excluding carboxylic acids is 2. The van der Waals surface area contributed by atoms with E-state index in [9.17, 15) is 14.7 Å². The predicted molar refractivity (Wildman–Crippen MR) is 88.8 cm³/mol. The van der Waals surface area contributed by atoms with Gasteiger partial charge >= 0.3 is 0 Å². The van der Waals surface area contributed by atoms with Gasteiger partial charge in [0.25, 0.3) is 5.91 Å². The number of carbonyl (C=O) groups is 2. The third-order valence-electron chi connectivity index (χ3n) is 9.52. The van der Waals surface area contributed by atoms with Crippen molar-refractivity contribution in [1.29, 1.82) is 0 Å². The van der Waals surface area contributed by atoms with Crippen molar-refractivity contribution in [3.05, 3.63) is 0 Å². The lowest BCUT2D eigenvalue weighted by atomic mass is 9.26. The highest BCUT2D eigenvalue weighted by molar-refractivity contribution is 6.03. The summed E-state index contributed by atoms with van der Waals surface area (Å²) in [6.07, 6.45) is 3.30. The van der Waals surface area contributed by atoms with Crippen LogP contribution in [0.3, 0.4) is 0 Å². The molecule has 0 radical (unpaired) electrons. The molecule has 5 rings (SSSR count). The maximum absolute atomic E-state index is 13.6. The number of nitrogens with zero attached hydrogens (tertiary/aromatic N) is 2. The summed E-state index contributed by atoms with van der Waals surface area (Å²) in [4.78, 5) is 30.5. The zero-order valence-electron chi connectivity index (χ0n) is 15.8. The van der Waals surface area contributed by atoms with Gasteiger partial charge in [0.05, 0.1) is 16.2 Å². The molecule has 25 heavy (non-hydrogen) atoms. The number of ether oxygens (including phenoxy) is 1. The van der Waals surface area contributed by atoms with Crippen LogP contribution in [0, 0.1) is 21.7 Å². The van der Waals surface area contributed by atoms with Gasteiger partial charge < -0.3 is 14.7 Å². The Morgan fingerprint density at radius 3 is 2.20 bits per heavy atom. The fourth-order valence-corrected chi connectivity index (χ4v) is 7.93. The van der Waals surface area contributed by atoms with Crippen LogP contribution in [-0.4, -0.2) is 51.4 Å². The van der Waals surface area contributed by atoms with E-state index >= 15 is 0 Å². The first-order chi connectivity index (χ1) is 11.6. The van der Waals surface area contributed by atoms with E-state index in [1.54, 1.807) is 4.90 Å². The molecule has 4 heterocycles. The van der Waals surface area contributed by atoms with Gasteiger partial charge in [-0.05, 0) is 33.1 Å². The summed E-state index contributed by atoms with van der Waals surface area (Å²) in [5.74, 6) is -1.72. The molecule has 4 aliphatic heterocycles. The van der Waals surface area contributed by atoms with Gasteiger partial charge in [0.15, 0.2) is 5.72 Å². The van der Waals surface area contributed by atoms with Crippen molar-refractivity contribution in [3.8, 4) is 0 Å². The number of hydrogen-bond donors (Lipinski definition) is 1. The molecule has 0 aromatic carbocycles. The number of rotatable bonds is 3. The van der Waals surface area contributed by atoms with Gasteiger partial charge in [0, 0.05) is 18.5 Å². The fourth-order valence-electron chi connectivity index (χ4n) is 7.93. The minimum atomic E-state index is -1.62. The first-order valence-electron chi connectivity index (χ1n) is 9.63. The zero-order valence-corrected chi connectivity index (χ0v) is 15.8. The van der Waals surface area contributed by atoms with Crippen molar-refractivity contribution in [2.24, 2.45) is 21.7 Å². The normalized spacial score (nSPS) is 58.0. The van der Waals surface area contributed by atoms with Gasteiger partial charge in [-0.15, -0.1) is 0 Å². The van der Waals surface area contributed by atoms with Crippen LogP contribution in [0.4, 0.5) is 0 Å². The van der Waals surface area contributed by atoms with Gasteiger partial charge in [-0.25, -0.2) is 0 Å². The molecule has 6 heteroatoms. The maximum Gasteiger partial charge on any atom is 0.260 e. The molecule has 2 bridgehead atoms. The van der Waals surface area contributed by atoms with E-state index in [4.69, 9.17) is 4.74 Å². The average Bonchev–Trinajstić information content (AvgIpc) is 2.87. The predicted octanol–water partition coefficient (Wildman–Crippen LogP) is 1.68. The maximum atomic E-state index is 13.6. The molecular weight excluding hydrogens is 320 g/mol. The van der Waals surface area contributed by atoms with Crippen molar-refractivity contribution < 1.29 is 19.4 Å². The number of unbranched alkanes of at least 4 members (excludes halogenated alkanes) is 1. The zero-order chi connectivity index (χ0) is 18.3. The van der Waals surface area contributed by atoms with Crippen LogP contribution in [0.15, 0.2) is 0 Å². The Bertz CT molecular complexity index is 741. The molecule has 1 saturated carbocycles. The van der Waals surface area contributed by atoms with Crippen LogP contribution in [0.1, 0.15) is 60.3 Å². The standard InChI is InChI=1S/C19H28N2O4/c1-6-7-9-18-16(4)14(2)12(22)20(18)10-8-11-21-13(23)15(14,3)17(16,5)19(21,24)25-18/h24H,6-11H2,1-5H3/t14-,15+,16-,17+,18-,19+/m1/s1. The van der Waals surface area contributed by atoms with E-state index < -0.39 is 33.3 Å². The van der Waals surface area contributed by atoms with Crippen LogP contribution in [0.2, 0.25) is 0 Å². The molecule has 1 N–H and O–H groups in total.